The number of alkyl halides is 1. The number of aromatic nitrogens is 3. The Balaban J connectivity index is 2.34. The van der Waals surface area contributed by atoms with Gasteiger partial charge >= 0.3 is 0 Å². The maximum absolute atomic E-state index is 6.04. The Hall–Kier alpha value is -2.07. The maximum atomic E-state index is 6.04. The van der Waals surface area contributed by atoms with Crippen LogP contribution in [-0.4, -0.2) is 21.6 Å². The highest BCUT2D eigenvalue weighted by molar-refractivity contribution is 6.17. The predicted molar refractivity (Wildman–Crippen MR) is 79.7 cm³/mol. The molecule has 0 saturated carbocycles. The molecule has 0 aliphatic rings. The Bertz CT molecular complexity index is 767. The van der Waals surface area contributed by atoms with E-state index in [9.17, 15) is 0 Å². The number of hydrogen-bond donors (Lipinski definition) is 0. The van der Waals surface area contributed by atoms with Crippen LogP contribution in [0.1, 0.15) is 11.4 Å². The molecule has 0 spiro atoms. The number of methoxy groups -OCH3 is 1. The van der Waals surface area contributed by atoms with E-state index in [2.05, 4.69) is 9.97 Å². The fourth-order valence-corrected chi connectivity index (χ4v) is 2.45. The molecule has 0 fully saturated rings. The summed E-state index contributed by atoms with van der Waals surface area (Å²) in [6.45, 7) is 1.99. The third-order valence-corrected chi connectivity index (χ3v) is 3.39. The second-order valence-electron chi connectivity index (χ2n) is 4.52. The number of ether oxygens (including phenoxy) is 1. The van der Waals surface area contributed by atoms with E-state index in [1.54, 1.807) is 7.11 Å². The zero-order valence-corrected chi connectivity index (χ0v) is 12.1. The Labute approximate surface area is 122 Å². The molecule has 1 aromatic carbocycles. The standard InChI is InChI=1S/C15H14ClN3O/c1-10-7-11-15(17-9-10)19(14(8-16)18-11)12-5-3-4-6-13(12)20-2/h3-7,9H,8H2,1-2H3. The molecule has 20 heavy (non-hydrogen) atoms. The molecule has 0 aliphatic heterocycles. The number of benzene rings is 1. The third-order valence-electron chi connectivity index (χ3n) is 3.15. The topological polar surface area (TPSA) is 39.9 Å². The molecule has 4 nitrogen and oxygen atoms in total. The lowest BCUT2D eigenvalue weighted by atomic mass is 10.2. The average molecular weight is 288 g/mol. The van der Waals surface area contributed by atoms with Crippen LogP contribution in [0.15, 0.2) is 36.5 Å². The van der Waals surface area contributed by atoms with Crippen LogP contribution in [0.5, 0.6) is 5.75 Å². The molecule has 5 heteroatoms. The number of halogens is 1. The van der Waals surface area contributed by atoms with Crippen molar-refractivity contribution in [1.82, 2.24) is 14.5 Å². The molecule has 2 aromatic heterocycles. The fourth-order valence-electron chi connectivity index (χ4n) is 2.27. The summed E-state index contributed by atoms with van der Waals surface area (Å²) in [5.41, 5.74) is 3.59. The van der Waals surface area contributed by atoms with Gasteiger partial charge in [0.15, 0.2) is 5.65 Å². The minimum Gasteiger partial charge on any atom is -0.495 e. The second kappa shape index (κ2) is 5.13. The van der Waals surface area contributed by atoms with E-state index >= 15 is 0 Å². The van der Waals surface area contributed by atoms with E-state index in [0.717, 1.165) is 34.0 Å². The highest BCUT2D eigenvalue weighted by Crippen LogP contribution is 2.28. The molecule has 0 amide bonds. The van der Waals surface area contributed by atoms with Gasteiger partial charge in [-0.1, -0.05) is 12.1 Å². The number of imidazole rings is 1. The molecular weight excluding hydrogens is 274 g/mol. The SMILES string of the molecule is COc1ccccc1-n1c(CCl)nc2cc(C)cnc21. The van der Waals surface area contributed by atoms with Crippen LogP contribution in [-0.2, 0) is 5.88 Å². The van der Waals surface area contributed by atoms with Gasteiger partial charge in [-0.25, -0.2) is 9.97 Å². The fraction of sp³-hybridized carbons (Fsp3) is 0.200. The van der Waals surface area contributed by atoms with Gasteiger partial charge in [0, 0.05) is 6.20 Å². The summed E-state index contributed by atoms with van der Waals surface area (Å²) in [4.78, 5) is 9.04. The van der Waals surface area contributed by atoms with Gasteiger partial charge in [0.05, 0.1) is 18.7 Å². The zero-order valence-electron chi connectivity index (χ0n) is 11.3. The van der Waals surface area contributed by atoms with Crippen molar-refractivity contribution in [3.63, 3.8) is 0 Å². The van der Waals surface area contributed by atoms with Crippen LogP contribution in [0.4, 0.5) is 0 Å². The van der Waals surface area contributed by atoms with Gasteiger partial charge in [-0.3, -0.25) is 4.57 Å². The first-order valence-electron chi connectivity index (χ1n) is 6.28. The van der Waals surface area contributed by atoms with E-state index in [0.29, 0.717) is 5.88 Å². The lowest BCUT2D eigenvalue weighted by molar-refractivity contribution is 0.413. The number of nitrogens with zero attached hydrogens (tertiary/aromatic N) is 3. The van der Waals surface area contributed by atoms with Crippen LogP contribution < -0.4 is 4.74 Å². The summed E-state index contributed by atoms with van der Waals surface area (Å²) in [6, 6.07) is 9.77. The molecule has 0 unspecified atom stereocenters. The molecule has 2 heterocycles. The van der Waals surface area contributed by atoms with Gasteiger partial charge in [0.25, 0.3) is 0 Å². The minimum absolute atomic E-state index is 0.313. The molecule has 3 aromatic rings. The van der Waals surface area contributed by atoms with Gasteiger partial charge in [-0.2, -0.15) is 0 Å². The summed E-state index contributed by atoms with van der Waals surface area (Å²) >= 11 is 6.04. The highest BCUT2D eigenvalue weighted by Gasteiger charge is 2.15. The molecule has 3 rings (SSSR count). The summed E-state index contributed by atoms with van der Waals surface area (Å²) in [5.74, 6) is 1.83. The average Bonchev–Trinajstić information content (AvgIpc) is 2.84. The summed E-state index contributed by atoms with van der Waals surface area (Å²) in [6.07, 6.45) is 1.83. The molecular formula is C15H14ClN3O. The maximum Gasteiger partial charge on any atom is 0.164 e. The lowest BCUT2D eigenvalue weighted by Gasteiger charge is -2.11. The van der Waals surface area contributed by atoms with Crippen molar-refractivity contribution in [1.29, 1.82) is 0 Å². The van der Waals surface area contributed by atoms with E-state index in [4.69, 9.17) is 16.3 Å². The molecule has 0 bridgehead atoms. The van der Waals surface area contributed by atoms with E-state index in [-0.39, 0.29) is 0 Å². The van der Waals surface area contributed by atoms with Crippen molar-refractivity contribution in [2.24, 2.45) is 0 Å². The lowest BCUT2D eigenvalue weighted by Crippen LogP contribution is -2.02. The van der Waals surface area contributed by atoms with Crippen molar-refractivity contribution in [2.45, 2.75) is 12.8 Å². The number of rotatable bonds is 3. The van der Waals surface area contributed by atoms with Crippen molar-refractivity contribution in [3.05, 3.63) is 47.9 Å². The van der Waals surface area contributed by atoms with Crippen LogP contribution in [0.3, 0.4) is 0 Å². The number of pyridine rings is 1. The summed E-state index contributed by atoms with van der Waals surface area (Å²) in [5, 5.41) is 0. The van der Waals surface area contributed by atoms with E-state index in [1.165, 1.54) is 0 Å². The van der Waals surface area contributed by atoms with Gasteiger partial charge in [-0.05, 0) is 30.7 Å². The molecule has 0 aliphatic carbocycles. The van der Waals surface area contributed by atoms with Crippen LogP contribution in [0.2, 0.25) is 0 Å². The minimum atomic E-state index is 0.313. The van der Waals surface area contributed by atoms with Gasteiger partial charge in [0.1, 0.15) is 17.1 Å². The second-order valence-corrected chi connectivity index (χ2v) is 4.79. The summed E-state index contributed by atoms with van der Waals surface area (Å²) in [7, 11) is 1.65. The van der Waals surface area contributed by atoms with Crippen molar-refractivity contribution >= 4 is 22.8 Å². The van der Waals surface area contributed by atoms with Crippen molar-refractivity contribution in [3.8, 4) is 11.4 Å². The first-order chi connectivity index (χ1) is 9.74. The van der Waals surface area contributed by atoms with Crippen molar-refractivity contribution < 1.29 is 4.74 Å². The Morgan fingerprint density at radius 3 is 2.85 bits per heavy atom. The first-order valence-corrected chi connectivity index (χ1v) is 6.81. The first kappa shape index (κ1) is 12.9. The molecule has 0 atom stereocenters. The number of fused-ring (bicyclic) bond motifs is 1. The van der Waals surface area contributed by atoms with Crippen molar-refractivity contribution in [2.75, 3.05) is 7.11 Å². The number of para-hydroxylation sites is 2. The molecule has 102 valence electrons. The van der Waals surface area contributed by atoms with Crippen LogP contribution >= 0.6 is 11.6 Å². The highest BCUT2D eigenvalue weighted by atomic mass is 35.5. The molecule has 0 radical (unpaired) electrons. The van der Waals surface area contributed by atoms with Crippen LogP contribution in [0.25, 0.3) is 16.9 Å². The normalized spacial score (nSPS) is 10.9. The van der Waals surface area contributed by atoms with E-state index < -0.39 is 0 Å². The van der Waals surface area contributed by atoms with Crippen LogP contribution in [0, 0.1) is 6.92 Å². The Morgan fingerprint density at radius 1 is 1.30 bits per heavy atom. The number of aryl methyl sites for hydroxylation is 1. The largest absolute Gasteiger partial charge is 0.495 e. The third kappa shape index (κ3) is 2.02. The Morgan fingerprint density at radius 2 is 2.10 bits per heavy atom. The smallest absolute Gasteiger partial charge is 0.164 e. The van der Waals surface area contributed by atoms with Gasteiger partial charge < -0.3 is 4.74 Å². The number of hydrogen-bond acceptors (Lipinski definition) is 3. The van der Waals surface area contributed by atoms with E-state index in [1.807, 2.05) is 48.0 Å². The summed E-state index contributed by atoms with van der Waals surface area (Å²) < 4.78 is 7.37. The zero-order chi connectivity index (χ0) is 14.1. The molecule has 0 saturated heterocycles. The molecule has 0 N–H and O–H groups in total. The Kier molecular flexibility index (Phi) is 3.32. The predicted octanol–water partition coefficient (Wildman–Crippen LogP) is 3.48. The monoisotopic (exact) mass is 287 g/mol. The quantitative estimate of drug-likeness (QED) is 0.693. The van der Waals surface area contributed by atoms with Gasteiger partial charge in [0.2, 0.25) is 0 Å². The van der Waals surface area contributed by atoms with Gasteiger partial charge in [-0.15, -0.1) is 11.6 Å².